The van der Waals surface area contributed by atoms with Crippen molar-refractivity contribution in [1.29, 1.82) is 0 Å². The molecule has 1 aromatic rings. The zero-order valence-electron chi connectivity index (χ0n) is 5.96. The smallest absolute Gasteiger partial charge is 0.170 e. The van der Waals surface area contributed by atoms with E-state index in [1.54, 1.807) is 18.2 Å². The maximum Gasteiger partial charge on any atom is 0.170 e. The molecule has 0 fully saturated rings. The second-order valence-electron chi connectivity index (χ2n) is 2.43. The molecule has 2 heteroatoms. The average Bonchev–Trinajstić information content (AvgIpc) is 2.06. The van der Waals surface area contributed by atoms with E-state index in [9.17, 15) is 4.79 Å². The van der Waals surface area contributed by atoms with E-state index in [-0.39, 0.29) is 5.78 Å². The Morgan fingerprint density at radius 1 is 1.55 bits per heavy atom. The van der Waals surface area contributed by atoms with E-state index in [1.807, 2.05) is 0 Å². The lowest BCUT2D eigenvalue weighted by Crippen LogP contribution is -2.14. The summed E-state index contributed by atoms with van der Waals surface area (Å²) in [5.74, 6) is 0.756. The predicted molar refractivity (Wildman–Crippen MR) is 39.7 cm³/mol. The van der Waals surface area contributed by atoms with Crippen LogP contribution in [0.5, 0.6) is 5.75 Å². The van der Waals surface area contributed by atoms with Crippen LogP contribution in [0, 0.1) is 6.07 Å². The van der Waals surface area contributed by atoms with Crippen molar-refractivity contribution < 1.29 is 9.53 Å². The molecule has 0 aliphatic carbocycles. The summed E-state index contributed by atoms with van der Waals surface area (Å²) in [6.45, 7) is 0.492. The van der Waals surface area contributed by atoms with Gasteiger partial charge in [-0.3, -0.25) is 4.79 Å². The van der Waals surface area contributed by atoms with E-state index in [4.69, 9.17) is 4.74 Å². The molecule has 1 aromatic carbocycles. The first kappa shape index (κ1) is 6.40. The molecule has 1 radical (unpaired) electrons. The lowest BCUT2D eigenvalue weighted by molar-refractivity contribution is 0.0933. The van der Waals surface area contributed by atoms with Gasteiger partial charge in [0.2, 0.25) is 0 Å². The number of Topliss-reactive ketones (excluding diaryl/α,β-unsaturated/α-hetero) is 1. The van der Waals surface area contributed by atoms with Crippen molar-refractivity contribution in [2.24, 2.45) is 0 Å². The van der Waals surface area contributed by atoms with Crippen molar-refractivity contribution in [3.63, 3.8) is 0 Å². The van der Waals surface area contributed by atoms with E-state index in [0.29, 0.717) is 24.3 Å². The molecular weight excluding hydrogens is 140 g/mol. The lowest BCUT2D eigenvalue weighted by Gasteiger charge is -2.14. The number of hydrogen-bond donors (Lipinski definition) is 0. The third-order valence-electron chi connectivity index (χ3n) is 1.69. The molecule has 0 spiro atoms. The van der Waals surface area contributed by atoms with E-state index in [1.165, 1.54) is 0 Å². The van der Waals surface area contributed by atoms with Crippen LogP contribution in [-0.2, 0) is 0 Å². The second kappa shape index (κ2) is 2.38. The Morgan fingerprint density at radius 3 is 3.27 bits per heavy atom. The summed E-state index contributed by atoms with van der Waals surface area (Å²) in [4.78, 5) is 11.2. The van der Waals surface area contributed by atoms with Crippen LogP contribution in [0.3, 0.4) is 0 Å². The first-order chi connectivity index (χ1) is 5.38. The van der Waals surface area contributed by atoms with Crippen molar-refractivity contribution in [3.05, 3.63) is 29.8 Å². The van der Waals surface area contributed by atoms with Crippen LogP contribution in [-0.4, -0.2) is 12.4 Å². The highest BCUT2D eigenvalue weighted by atomic mass is 16.5. The highest BCUT2D eigenvalue weighted by Gasteiger charge is 2.16. The number of fused-ring (bicyclic) bond motifs is 1. The monoisotopic (exact) mass is 147 g/mol. The Kier molecular flexibility index (Phi) is 1.39. The van der Waals surface area contributed by atoms with Gasteiger partial charge in [0.05, 0.1) is 12.2 Å². The normalized spacial score (nSPS) is 15.5. The van der Waals surface area contributed by atoms with Gasteiger partial charge in [0.1, 0.15) is 5.75 Å². The van der Waals surface area contributed by atoms with Gasteiger partial charge < -0.3 is 4.74 Å². The molecule has 2 rings (SSSR count). The Hall–Kier alpha value is -1.31. The first-order valence-electron chi connectivity index (χ1n) is 3.54. The highest BCUT2D eigenvalue weighted by Crippen LogP contribution is 2.22. The standard InChI is InChI=1S/C9H7O2/c10-8-5-6-11-9-4-2-1-3-7(8)9/h1-3H,5-6H2. The van der Waals surface area contributed by atoms with Crippen molar-refractivity contribution in [3.8, 4) is 5.75 Å². The minimum atomic E-state index is 0.156. The van der Waals surface area contributed by atoms with Gasteiger partial charge >= 0.3 is 0 Å². The zero-order chi connectivity index (χ0) is 7.68. The van der Waals surface area contributed by atoms with Crippen LogP contribution in [0.1, 0.15) is 16.8 Å². The SMILES string of the molecule is O=C1CCOc2[c]cccc21. The molecule has 1 heterocycles. The van der Waals surface area contributed by atoms with Gasteiger partial charge in [-0.15, -0.1) is 0 Å². The summed E-state index contributed by atoms with van der Waals surface area (Å²) in [6.07, 6.45) is 0.491. The molecule has 0 atom stereocenters. The topological polar surface area (TPSA) is 26.3 Å². The minimum absolute atomic E-state index is 0.156. The molecule has 0 bridgehead atoms. The van der Waals surface area contributed by atoms with Crippen LogP contribution in [0.15, 0.2) is 18.2 Å². The van der Waals surface area contributed by atoms with Gasteiger partial charge in [-0.2, -0.15) is 0 Å². The Morgan fingerprint density at radius 2 is 2.45 bits per heavy atom. The number of carbonyl (C=O) groups excluding carboxylic acids is 1. The van der Waals surface area contributed by atoms with E-state index in [0.717, 1.165) is 0 Å². The first-order valence-corrected chi connectivity index (χ1v) is 3.54. The van der Waals surface area contributed by atoms with Gasteiger partial charge in [0, 0.05) is 12.5 Å². The molecule has 0 saturated heterocycles. The molecule has 1 aliphatic heterocycles. The fourth-order valence-electron chi connectivity index (χ4n) is 1.14. The quantitative estimate of drug-likeness (QED) is 0.555. The molecule has 0 amide bonds. The summed E-state index contributed by atoms with van der Waals surface area (Å²) in [7, 11) is 0. The number of benzene rings is 1. The molecule has 0 aromatic heterocycles. The number of hydrogen-bond acceptors (Lipinski definition) is 2. The number of carbonyl (C=O) groups is 1. The number of para-hydroxylation sites is 1. The van der Waals surface area contributed by atoms with Crippen molar-refractivity contribution in [2.75, 3.05) is 6.61 Å². The van der Waals surface area contributed by atoms with Gasteiger partial charge in [0.15, 0.2) is 5.78 Å². The minimum Gasteiger partial charge on any atom is -0.492 e. The van der Waals surface area contributed by atoms with Crippen molar-refractivity contribution in [2.45, 2.75) is 6.42 Å². The Labute approximate surface area is 64.8 Å². The molecular formula is C9H7O2. The van der Waals surface area contributed by atoms with Crippen molar-refractivity contribution >= 4 is 5.78 Å². The third-order valence-corrected chi connectivity index (χ3v) is 1.69. The highest BCUT2D eigenvalue weighted by molar-refractivity contribution is 5.99. The molecule has 0 unspecified atom stereocenters. The van der Waals surface area contributed by atoms with Crippen LogP contribution in [0.25, 0.3) is 0 Å². The molecule has 1 aliphatic rings. The fraction of sp³-hybridized carbons (Fsp3) is 0.222. The van der Waals surface area contributed by atoms with Crippen LogP contribution < -0.4 is 4.74 Å². The summed E-state index contributed by atoms with van der Waals surface area (Å²) in [6, 6.07) is 8.19. The molecule has 0 saturated carbocycles. The Balaban J connectivity index is 2.52. The molecule has 0 N–H and O–H groups in total. The van der Waals surface area contributed by atoms with Crippen molar-refractivity contribution in [1.82, 2.24) is 0 Å². The van der Waals surface area contributed by atoms with Gasteiger partial charge in [0.25, 0.3) is 0 Å². The van der Waals surface area contributed by atoms with Gasteiger partial charge in [-0.25, -0.2) is 0 Å². The number of ether oxygens (including phenoxy) is 1. The van der Waals surface area contributed by atoms with Gasteiger partial charge in [-0.05, 0) is 6.07 Å². The van der Waals surface area contributed by atoms with E-state index in [2.05, 4.69) is 6.07 Å². The lowest BCUT2D eigenvalue weighted by atomic mass is 10.1. The fourth-order valence-corrected chi connectivity index (χ4v) is 1.14. The molecule has 55 valence electrons. The van der Waals surface area contributed by atoms with E-state index < -0.39 is 0 Å². The summed E-state index contributed by atoms with van der Waals surface area (Å²) in [5, 5.41) is 0. The molecule has 2 nitrogen and oxygen atoms in total. The van der Waals surface area contributed by atoms with Crippen LogP contribution >= 0.6 is 0 Å². The predicted octanol–water partition coefficient (Wildman–Crippen LogP) is 1.45. The summed E-state index contributed by atoms with van der Waals surface area (Å²) >= 11 is 0. The Bertz CT molecular complexity index is 291. The second-order valence-corrected chi connectivity index (χ2v) is 2.43. The van der Waals surface area contributed by atoms with Gasteiger partial charge in [-0.1, -0.05) is 12.1 Å². The number of ketones is 1. The van der Waals surface area contributed by atoms with Crippen LogP contribution in [0.2, 0.25) is 0 Å². The average molecular weight is 147 g/mol. The summed E-state index contributed by atoms with van der Waals surface area (Å²) in [5.41, 5.74) is 0.666. The maximum absolute atomic E-state index is 11.2. The van der Waals surface area contributed by atoms with E-state index >= 15 is 0 Å². The number of rotatable bonds is 0. The maximum atomic E-state index is 11.2. The molecule has 11 heavy (non-hydrogen) atoms. The largest absolute Gasteiger partial charge is 0.492 e. The van der Waals surface area contributed by atoms with Crippen LogP contribution in [0.4, 0.5) is 0 Å². The third kappa shape index (κ3) is 1.00. The zero-order valence-corrected chi connectivity index (χ0v) is 5.96. The summed E-state index contributed by atoms with van der Waals surface area (Å²) < 4.78 is 5.22.